The fourth-order valence-electron chi connectivity index (χ4n) is 3.66. The molecule has 0 saturated heterocycles. The lowest BCUT2D eigenvalue weighted by Crippen LogP contribution is -2.47. The van der Waals surface area contributed by atoms with Crippen molar-refractivity contribution in [3.05, 3.63) is 70.3 Å². The number of ether oxygens (including phenoxy) is 2. The third-order valence-electron chi connectivity index (χ3n) is 5.38. The zero-order valence-corrected chi connectivity index (χ0v) is 17.4. The van der Waals surface area contributed by atoms with Crippen molar-refractivity contribution in [3.63, 3.8) is 0 Å². The van der Waals surface area contributed by atoms with Crippen LogP contribution in [-0.2, 0) is 16.0 Å². The van der Waals surface area contributed by atoms with E-state index in [2.05, 4.69) is 5.32 Å². The van der Waals surface area contributed by atoms with Crippen LogP contribution < -0.4 is 10.1 Å². The highest BCUT2D eigenvalue weighted by atomic mass is 16.6. The first-order chi connectivity index (χ1) is 14.8. The van der Waals surface area contributed by atoms with E-state index < -0.39 is 28.6 Å². The summed E-state index contributed by atoms with van der Waals surface area (Å²) in [5.41, 5.74) is 0.197. The molecule has 31 heavy (non-hydrogen) atoms. The largest absolute Gasteiger partial charge is 0.443 e. The lowest BCUT2D eigenvalue weighted by atomic mass is 9.86. The van der Waals surface area contributed by atoms with E-state index in [9.17, 15) is 19.7 Å². The molecule has 3 rings (SSSR count). The van der Waals surface area contributed by atoms with Crippen LogP contribution in [0.5, 0.6) is 5.75 Å². The Morgan fingerprint density at radius 1 is 1.06 bits per heavy atom. The zero-order valence-electron chi connectivity index (χ0n) is 17.4. The van der Waals surface area contributed by atoms with Gasteiger partial charge in [-0.3, -0.25) is 10.1 Å². The lowest BCUT2D eigenvalue weighted by Gasteiger charge is -2.33. The molecule has 1 saturated carbocycles. The third kappa shape index (κ3) is 6.53. The fourth-order valence-corrected chi connectivity index (χ4v) is 3.66. The summed E-state index contributed by atoms with van der Waals surface area (Å²) in [5.74, 6) is -0.522. The Morgan fingerprint density at radius 3 is 2.32 bits per heavy atom. The number of nitrogens with zero attached hydrogens (tertiary/aromatic N) is 1. The minimum Gasteiger partial charge on any atom is -0.443 e. The molecule has 0 aliphatic heterocycles. The summed E-state index contributed by atoms with van der Waals surface area (Å²) in [6, 6.07) is 13.5. The summed E-state index contributed by atoms with van der Waals surface area (Å²) in [5, 5.41) is 13.4. The normalized spacial score (nSPS) is 16.0. The Balaban J connectivity index is 1.69. The molecule has 1 amide bonds. The first-order valence-corrected chi connectivity index (χ1v) is 10.3. The third-order valence-corrected chi connectivity index (χ3v) is 5.38. The molecule has 2 aromatic carbocycles. The number of hydrogen-bond donors (Lipinski definition) is 1. The van der Waals surface area contributed by atoms with Crippen LogP contribution in [-0.4, -0.2) is 28.6 Å². The number of carbonyl (C=O) groups is 2. The van der Waals surface area contributed by atoms with Gasteiger partial charge in [0.25, 0.3) is 5.69 Å². The van der Waals surface area contributed by atoms with Gasteiger partial charge in [0.05, 0.1) is 4.92 Å². The number of rotatable bonds is 7. The molecule has 164 valence electrons. The number of nitro benzene ring substituents is 1. The molecule has 0 unspecified atom stereocenters. The highest BCUT2D eigenvalue weighted by molar-refractivity contribution is 5.83. The molecule has 0 radical (unpaired) electrons. The molecule has 1 N–H and O–H groups in total. The number of non-ortho nitro benzene ring substituents is 1. The molecule has 2 aromatic rings. The van der Waals surface area contributed by atoms with E-state index in [0.29, 0.717) is 0 Å². The van der Waals surface area contributed by atoms with Gasteiger partial charge in [-0.25, -0.2) is 9.59 Å². The van der Waals surface area contributed by atoms with Gasteiger partial charge in [0.15, 0.2) is 0 Å². The Morgan fingerprint density at radius 2 is 1.71 bits per heavy atom. The van der Waals surface area contributed by atoms with E-state index in [0.717, 1.165) is 37.7 Å². The highest BCUT2D eigenvalue weighted by Crippen LogP contribution is 2.31. The number of nitro groups is 1. The topological polar surface area (TPSA) is 108 Å². The van der Waals surface area contributed by atoms with Gasteiger partial charge in [0, 0.05) is 18.6 Å². The number of carbonyl (C=O) groups excluding carboxylic acids is 2. The summed E-state index contributed by atoms with van der Waals surface area (Å²) in [6.07, 6.45) is 4.26. The van der Waals surface area contributed by atoms with E-state index in [-0.39, 0.29) is 17.9 Å². The quantitative estimate of drug-likeness (QED) is 0.301. The van der Waals surface area contributed by atoms with Crippen LogP contribution in [0, 0.1) is 10.1 Å². The maximum Gasteiger partial charge on any atom is 0.408 e. The van der Waals surface area contributed by atoms with Crippen LogP contribution in [0.2, 0.25) is 0 Å². The highest BCUT2D eigenvalue weighted by Gasteiger charge is 2.33. The van der Waals surface area contributed by atoms with Gasteiger partial charge < -0.3 is 14.8 Å². The van der Waals surface area contributed by atoms with E-state index in [1.165, 1.54) is 24.3 Å². The van der Waals surface area contributed by atoms with Gasteiger partial charge in [0.2, 0.25) is 0 Å². The number of benzene rings is 2. The first kappa shape index (κ1) is 22.3. The molecule has 0 spiro atoms. The molecule has 0 bridgehead atoms. The number of hydrogen-bond acceptors (Lipinski definition) is 6. The summed E-state index contributed by atoms with van der Waals surface area (Å²) >= 11 is 0. The van der Waals surface area contributed by atoms with Crippen LogP contribution in [0.3, 0.4) is 0 Å². The van der Waals surface area contributed by atoms with Crippen molar-refractivity contribution in [2.45, 2.75) is 57.1 Å². The smallest absolute Gasteiger partial charge is 0.408 e. The predicted octanol–water partition coefficient (Wildman–Crippen LogP) is 4.56. The van der Waals surface area contributed by atoms with Gasteiger partial charge in [-0.15, -0.1) is 0 Å². The standard InChI is InChI=1S/C23H26N2O6/c1-23(14-6-3-7-15-23)31-22(27)24-20(16-17-8-4-2-5-9-17)21(26)30-19-12-10-18(11-13-19)25(28)29/h2,4-5,8-13,20H,3,6-7,14-16H2,1H3,(H,24,27)/t20-/m0/s1. The monoisotopic (exact) mass is 426 g/mol. The molecule has 1 aliphatic rings. The van der Waals surface area contributed by atoms with E-state index in [1.807, 2.05) is 37.3 Å². The first-order valence-electron chi connectivity index (χ1n) is 10.3. The lowest BCUT2D eigenvalue weighted by molar-refractivity contribution is -0.384. The second kappa shape index (κ2) is 10.1. The Kier molecular flexibility index (Phi) is 7.23. The molecule has 1 atom stereocenters. The van der Waals surface area contributed by atoms with Gasteiger partial charge in [0.1, 0.15) is 17.4 Å². The summed E-state index contributed by atoms with van der Waals surface area (Å²) in [6.45, 7) is 1.91. The summed E-state index contributed by atoms with van der Waals surface area (Å²) < 4.78 is 11.0. The summed E-state index contributed by atoms with van der Waals surface area (Å²) in [7, 11) is 0. The van der Waals surface area contributed by atoms with Crippen LogP contribution in [0.4, 0.5) is 10.5 Å². The number of alkyl carbamates (subject to hydrolysis) is 1. The van der Waals surface area contributed by atoms with Crippen molar-refractivity contribution in [1.29, 1.82) is 0 Å². The van der Waals surface area contributed by atoms with Crippen molar-refractivity contribution in [2.75, 3.05) is 0 Å². The molecule has 1 fully saturated rings. The maximum atomic E-state index is 12.8. The van der Waals surface area contributed by atoms with Crippen molar-refractivity contribution in [1.82, 2.24) is 5.32 Å². The molecule has 8 nitrogen and oxygen atoms in total. The van der Waals surface area contributed by atoms with Gasteiger partial charge in [-0.1, -0.05) is 36.8 Å². The fraction of sp³-hybridized carbons (Fsp3) is 0.391. The average molecular weight is 426 g/mol. The minimum atomic E-state index is -0.975. The maximum absolute atomic E-state index is 12.8. The van der Waals surface area contributed by atoms with Crippen molar-refractivity contribution >= 4 is 17.7 Å². The number of amides is 1. The molecule has 0 heterocycles. The van der Waals surface area contributed by atoms with Gasteiger partial charge in [-0.05, 0) is 50.3 Å². The molecule has 8 heteroatoms. The Labute approximate surface area is 180 Å². The van der Waals surface area contributed by atoms with E-state index in [4.69, 9.17) is 9.47 Å². The SMILES string of the molecule is CC1(OC(=O)N[C@@H](Cc2ccccc2)C(=O)Oc2ccc([N+](=O)[O-])cc2)CCCCC1. The van der Waals surface area contributed by atoms with Crippen LogP contribution in [0.25, 0.3) is 0 Å². The second-order valence-electron chi connectivity index (χ2n) is 7.96. The van der Waals surface area contributed by atoms with Crippen molar-refractivity contribution in [3.8, 4) is 5.75 Å². The van der Waals surface area contributed by atoms with Crippen LogP contribution in [0.15, 0.2) is 54.6 Å². The number of esters is 1. The number of nitrogens with one attached hydrogen (secondary N) is 1. The van der Waals surface area contributed by atoms with Gasteiger partial charge >= 0.3 is 12.1 Å². The summed E-state index contributed by atoms with van der Waals surface area (Å²) in [4.78, 5) is 35.7. The molecule has 1 aliphatic carbocycles. The predicted molar refractivity (Wildman–Crippen MR) is 114 cm³/mol. The molecule has 0 aromatic heterocycles. The second-order valence-corrected chi connectivity index (χ2v) is 7.96. The van der Waals surface area contributed by atoms with Crippen molar-refractivity contribution < 1.29 is 24.0 Å². The Hall–Kier alpha value is -3.42. The van der Waals surface area contributed by atoms with Crippen LogP contribution in [0.1, 0.15) is 44.6 Å². The van der Waals surface area contributed by atoms with E-state index in [1.54, 1.807) is 0 Å². The zero-order chi connectivity index (χ0) is 22.3. The van der Waals surface area contributed by atoms with Gasteiger partial charge in [-0.2, -0.15) is 0 Å². The molecular weight excluding hydrogens is 400 g/mol. The van der Waals surface area contributed by atoms with Crippen LogP contribution >= 0.6 is 0 Å². The molecular formula is C23H26N2O6. The average Bonchev–Trinajstić information content (AvgIpc) is 2.74. The Bertz CT molecular complexity index is 907. The van der Waals surface area contributed by atoms with Crippen molar-refractivity contribution in [2.24, 2.45) is 0 Å². The van der Waals surface area contributed by atoms with E-state index >= 15 is 0 Å². The minimum absolute atomic E-state index is 0.108.